The van der Waals surface area contributed by atoms with Gasteiger partial charge in [0.15, 0.2) is 6.61 Å². The van der Waals surface area contributed by atoms with Gasteiger partial charge in [-0.15, -0.1) is 0 Å². The number of unbranched alkanes of at least 4 members (excludes halogenated alkanes) is 1. The molecule has 7 heteroatoms. The molecule has 0 spiro atoms. The van der Waals surface area contributed by atoms with E-state index in [1.807, 2.05) is 11.8 Å². The maximum absolute atomic E-state index is 12.6. The highest BCUT2D eigenvalue weighted by molar-refractivity contribution is 6.03. The van der Waals surface area contributed by atoms with Gasteiger partial charge in [-0.1, -0.05) is 13.3 Å². The summed E-state index contributed by atoms with van der Waals surface area (Å²) in [5, 5.41) is 2.85. The molecule has 3 amide bonds. The number of anilines is 2. The van der Waals surface area contributed by atoms with Crippen molar-refractivity contribution < 1.29 is 19.1 Å². The standard InChI is InChI=1S/C20H27N3O4/c1-2-3-7-18(24)21-15-8-9-17-16(12-15)23(20(26)14-27-17)13-19(25)22-10-5-4-6-11-22/h8-9,12H,2-7,10-11,13-14H2,1H3,(H,21,24). The highest BCUT2D eigenvalue weighted by Crippen LogP contribution is 2.34. The van der Waals surface area contributed by atoms with E-state index in [2.05, 4.69) is 5.32 Å². The molecule has 1 N–H and O–H groups in total. The van der Waals surface area contributed by atoms with Crippen LogP contribution in [0.1, 0.15) is 45.4 Å². The average molecular weight is 373 g/mol. The summed E-state index contributed by atoms with van der Waals surface area (Å²) in [6, 6.07) is 5.19. The van der Waals surface area contributed by atoms with Crippen molar-refractivity contribution in [2.45, 2.75) is 45.4 Å². The third-order valence-corrected chi connectivity index (χ3v) is 4.95. The van der Waals surface area contributed by atoms with Crippen LogP contribution in [0.25, 0.3) is 0 Å². The van der Waals surface area contributed by atoms with E-state index in [4.69, 9.17) is 4.74 Å². The van der Waals surface area contributed by atoms with Crippen molar-refractivity contribution in [1.82, 2.24) is 4.90 Å². The summed E-state index contributed by atoms with van der Waals surface area (Å²) >= 11 is 0. The Hall–Kier alpha value is -2.57. The molecule has 1 aromatic carbocycles. The van der Waals surface area contributed by atoms with Crippen molar-refractivity contribution in [3.05, 3.63) is 18.2 Å². The van der Waals surface area contributed by atoms with E-state index in [1.54, 1.807) is 18.2 Å². The van der Waals surface area contributed by atoms with Crippen molar-refractivity contribution >= 4 is 29.1 Å². The summed E-state index contributed by atoms with van der Waals surface area (Å²) in [5.41, 5.74) is 1.13. The zero-order chi connectivity index (χ0) is 19.2. The number of hydrogen-bond donors (Lipinski definition) is 1. The average Bonchev–Trinajstić information content (AvgIpc) is 2.69. The van der Waals surface area contributed by atoms with Gasteiger partial charge in [0, 0.05) is 25.2 Å². The van der Waals surface area contributed by atoms with E-state index in [-0.39, 0.29) is 30.9 Å². The predicted molar refractivity (Wildman–Crippen MR) is 103 cm³/mol. The molecule has 1 fully saturated rings. The minimum absolute atomic E-state index is 0.00241. The summed E-state index contributed by atoms with van der Waals surface area (Å²) in [5.74, 6) is 0.194. The molecule has 0 aromatic heterocycles. The molecule has 0 atom stereocenters. The lowest BCUT2D eigenvalue weighted by atomic mass is 10.1. The molecule has 3 rings (SSSR count). The number of carbonyl (C=O) groups is 3. The van der Waals surface area contributed by atoms with Gasteiger partial charge in [-0.3, -0.25) is 19.3 Å². The molecule has 2 aliphatic rings. The fourth-order valence-corrected chi connectivity index (χ4v) is 3.39. The first kappa shape index (κ1) is 19.2. The van der Waals surface area contributed by atoms with Gasteiger partial charge in [0.25, 0.3) is 5.91 Å². The van der Waals surface area contributed by atoms with Gasteiger partial charge in [-0.2, -0.15) is 0 Å². The van der Waals surface area contributed by atoms with E-state index >= 15 is 0 Å². The topological polar surface area (TPSA) is 79.0 Å². The third-order valence-electron chi connectivity index (χ3n) is 4.95. The second-order valence-corrected chi connectivity index (χ2v) is 7.04. The Labute approximate surface area is 159 Å². The van der Waals surface area contributed by atoms with Gasteiger partial charge < -0.3 is 15.0 Å². The van der Waals surface area contributed by atoms with Gasteiger partial charge >= 0.3 is 0 Å². The molecule has 1 saturated heterocycles. The van der Waals surface area contributed by atoms with Crippen LogP contribution >= 0.6 is 0 Å². The molecule has 146 valence electrons. The maximum Gasteiger partial charge on any atom is 0.265 e. The highest BCUT2D eigenvalue weighted by atomic mass is 16.5. The van der Waals surface area contributed by atoms with Crippen LogP contribution in [0, 0.1) is 0 Å². The Morgan fingerprint density at radius 3 is 2.70 bits per heavy atom. The predicted octanol–water partition coefficient (Wildman–Crippen LogP) is 2.55. The number of carbonyl (C=O) groups excluding carboxylic acids is 3. The lowest BCUT2D eigenvalue weighted by molar-refractivity contribution is -0.132. The number of amides is 3. The Balaban J connectivity index is 1.74. The van der Waals surface area contributed by atoms with Crippen LogP contribution in [-0.2, 0) is 14.4 Å². The van der Waals surface area contributed by atoms with Gasteiger partial charge in [0.1, 0.15) is 12.3 Å². The molecule has 0 bridgehead atoms. The summed E-state index contributed by atoms with van der Waals surface area (Å²) in [7, 11) is 0. The molecule has 0 saturated carbocycles. The van der Waals surface area contributed by atoms with Gasteiger partial charge in [-0.05, 0) is 43.9 Å². The van der Waals surface area contributed by atoms with E-state index in [1.165, 1.54) is 4.90 Å². The Kier molecular flexibility index (Phi) is 6.32. The van der Waals surface area contributed by atoms with Crippen LogP contribution in [-0.4, -0.2) is 48.9 Å². The first-order chi connectivity index (χ1) is 13.1. The number of nitrogens with one attached hydrogen (secondary N) is 1. The van der Waals surface area contributed by atoms with Crippen LogP contribution in [0.2, 0.25) is 0 Å². The number of rotatable bonds is 6. The van der Waals surface area contributed by atoms with E-state index < -0.39 is 0 Å². The summed E-state index contributed by atoms with van der Waals surface area (Å²) in [6.07, 6.45) is 5.40. The molecule has 0 radical (unpaired) electrons. The zero-order valence-corrected chi connectivity index (χ0v) is 15.8. The summed E-state index contributed by atoms with van der Waals surface area (Å²) in [4.78, 5) is 40.3. The van der Waals surface area contributed by atoms with Crippen molar-refractivity contribution in [2.24, 2.45) is 0 Å². The van der Waals surface area contributed by atoms with Crippen molar-refractivity contribution in [3.63, 3.8) is 0 Å². The second kappa shape index (κ2) is 8.88. The first-order valence-corrected chi connectivity index (χ1v) is 9.73. The number of benzene rings is 1. The van der Waals surface area contributed by atoms with Crippen LogP contribution in [0.3, 0.4) is 0 Å². The molecule has 2 heterocycles. The van der Waals surface area contributed by atoms with Crippen LogP contribution in [0.5, 0.6) is 5.75 Å². The Bertz CT molecular complexity index is 713. The van der Waals surface area contributed by atoms with Crippen LogP contribution in [0.15, 0.2) is 18.2 Å². The Morgan fingerprint density at radius 1 is 1.19 bits per heavy atom. The molecule has 7 nitrogen and oxygen atoms in total. The zero-order valence-electron chi connectivity index (χ0n) is 15.8. The quantitative estimate of drug-likeness (QED) is 0.831. The molecule has 0 unspecified atom stereocenters. The number of piperidine rings is 1. The minimum Gasteiger partial charge on any atom is -0.482 e. The largest absolute Gasteiger partial charge is 0.482 e. The minimum atomic E-state index is -0.248. The van der Waals surface area contributed by atoms with Crippen molar-refractivity contribution in [1.29, 1.82) is 0 Å². The number of ether oxygens (including phenoxy) is 1. The van der Waals surface area contributed by atoms with Crippen LogP contribution < -0.4 is 15.0 Å². The summed E-state index contributed by atoms with van der Waals surface area (Å²) in [6.45, 7) is 3.45. The van der Waals surface area contributed by atoms with Crippen molar-refractivity contribution in [3.8, 4) is 5.75 Å². The molecule has 1 aromatic rings. The fourth-order valence-electron chi connectivity index (χ4n) is 3.39. The molecular weight excluding hydrogens is 346 g/mol. The first-order valence-electron chi connectivity index (χ1n) is 9.73. The van der Waals surface area contributed by atoms with E-state index in [9.17, 15) is 14.4 Å². The number of fused-ring (bicyclic) bond motifs is 1. The summed E-state index contributed by atoms with van der Waals surface area (Å²) < 4.78 is 5.49. The SMILES string of the molecule is CCCCC(=O)Nc1ccc2c(c1)N(CC(=O)N1CCCCC1)C(=O)CO2. The third kappa shape index (κ3) is 4.78. The van der Waals surface area contributed by atoms with Gasteiger partial charge in [0.05, 0.1) is 5.69 Å². The monoisotopic (exact) mass is 373 g/mol. The normalized spacial score (nSPS) is 16.6. The lowest BCUT2D eigenvalue weighted by Crippen LogP contribution is -2.47. The van der Waals surface area contributed by atoms with E-state index in [0.29, 0.717) is 23.5 Å². The maximum atomic E-state index is 12.6. The Morgan fingerprint density at radius 2 is 1.96 bits per heavy atom. The molecule has 0 aliphatic carbocycles. The van der Waals surface area contributed by atoms with Gasteiger partial charge in [0.2, 0.25) is 11.8 Å². The van der Waals surface area contributed by atoms with Crippen LogP contribution in [0.4, 0.5) is 11.4 Å². The van der Waals surface area contributed by atoms with Crippen molar-refractivity contribution in [2.75, 3.05) is 36.5 Å². The highest BCUT2D eigenvalue weighted by Gasteiger charge is 2.29. The van der Waals surface area contributed by atoms with Gasteiger partial charge in [-0.25, -0.2) is 0 Å². The van der Waals surface area contributed by atoms with E-state index in [0.717, 1.165) is 45.2 Å². The molecule has 27 heavy (non-hydrogen) atoms. The fraction of sp³-hybridized carbons (Fsp3) is 0.550. The second-order valence-electron chi connectivity index (χ2n) is 7.04. The molecular formula is C20H27N3O4. The lowest BCUT2D eigenvalue weighted by Gasteiger charge is -2.33. The number of hydrogen-bond acceptors (Lipinski definition) is 4. The smallest absolute Gasteiger partial charge is 0.265 e. The molecule has 2 aliphatic heterocycles. The number of likely N-dealkylation sites (tertiary alicyclic amines) is 1. The number of nitrogens with zero attached hydrogens (tertiary/aromatic N) is 2.